The average Bonchev–Trinajstić information content (AvgIpc) is 2.99. The minimum Gasteiger partial charge on any atom is -0.293 e. The van der Waals surface area contributed by atoms with E-state index in [1.165, 1.54) is 25.9 Å². The van der Waals surface area contributed by atoms with Gasteiger partial charge in [-0.3, -0.25) is 10.4 Å². The molecule has 22 heavy (non-hydrogen) atoms. The molecule has 3 heterocycles. The number of benzene rings is 1. The Kier molecular flexibility index (Phi) is 3.68. The van der Waals surface area contributed by atoms with E-state index in [0.717, 1.165) is 22.9 Å². The number of allylic oxidation sites excluding steroid dienone is 1. The number of anilines is 1. The molecule has 1 aromatic carbocycles. The Balaban J connectivity index is 1.68. The third kappa shape index (κ3) is 2.45. The van der Waals surface area contributed by atoms with Gasteiger partial charge >= 0.3 is 0 Å². The van der Waals surface area contributed by atoms with Crippen LogP contribution in [-0.4, -0.2) is 5.75 Å². The minimum absolute atomic E-state index is 0.756. The Hall–Kier alpha value is -1.36. The smallest absolute Gasteiger partial charge is 0.0698 e. The predicted octanol–water partition coefficient (Wildman–Crippen LogP) is 5.32. The molecular formula is C17H15ClN2S2. The number of hydrogen-bond donors (Lipinski definition) is 1. The Bertz CT molecular complexity index is 774. The normalized spacial score (nSPS) is 16.4. The molecule has 0 radical (unpaired) electrons. The fourth-order valence-corrected chi connectivity index (χ4v) is 5.14. The average molecular weight is 347 g/mol. The van der Waals surface area contributed by atoms with Crippen LogP contribution in [0.4, 0.5) is 5.69 Å². The Labute approximate surface area is 143 Å². The molecule has 4 rings (SSSR count). The molecule has 0 aliphatic carbocycles. The van der Waals surface area contributed by atoms with E-state index in [0.29, 0.717) is 0 Å². The lowest BCUT2D eigenvalue weighted by atomic mass is 10.1. The molecule has 0 bridgehead atoms. The second-order valence-electron chi connectivity index (χ2n) is 5.23. The molecule has 1 N–H and O–H groups in total. The zero-order valence-electron chi connectivity index (χ0n) is 12.1. The second-order valence-corrected chi connectivity index (χ2v) is 8.05. The molecule has 1 aromatic heterocycles. The summed E-state index contributed by atoms with van der Waals surface area (Å²) < 4.78 is 1.43. The summed E-state index contributed by atoms with van der Waals surface area (Å²) in [6, 6.07) is 10.2. The van der Waals surface area contributed by atoms with Crippen LogP contribution in [0.5, 0.6) is 0 Å². The number of rotatable bonds is 2. The fourth-order valence-electron chi connectivity index (χ4n) is 2.61. The number of fused-ring (bicyclic) bond motifs is 2. The van der Waals surface area contributed by atoms with Crippen LogP contribution < -0.4 is 10.4 Å². The van der Waals surface area contributed by atoms with E-state index in [1.54, 1.807) is 0 Å². The molecule has 112 valence electrons. The molecule has 2 aliphatic rings. The molecule has 2 aromatic rings. The zero-order valence-corrected chi connectivity index (χ0v) is 14.5. The quantitative estimate of drug-likeness (QED) is 0.792. The van der Waals surface area contributed by atoms with Crippen molar-refractivity contribution in [3.8, 4) is 0 Å². The van der Waals surface area contributed by atoms with Crippen LogP contribution in [0.3, 0.4) is 0 Å². The molecule has 2 aliphatic heterocycles. The van der Waals surface area contributed by atoms with Crippen LogP contribution >= 0.6 is 34.7 Å². The summed E-state index contributed by atoms with van der Waals surface area (Å²) in [6.45, 7) is 2.21. The van der Waals surface area contributed by atoms with Crippen molar-refractivity contribution in [1.82, 2.24) is 5.43 Å². The van der Waals surface area contributed by atoms with Crippen molar-refractivity contribution in [2.75, 3.05) is 10.8 Å². The van der Waals surface area contributed by atoms with E-state index < -0.39 is 0 Å². The maximum atomic E-state index is 5.98. The standard InChI is InChI=1S/C17H15ClN2S2/c1-2-14-9-15-16-11(10-21-17(15)22-14)7-8-20(19-16)13-5-3-12(18)4-6-13/h3-9,19H,2,10H2,1H3. The van der Waals surface area contributed by atoms with Crippen LogP contribution in [-0.2, 0) is 6.42 Å². The van der Waals surface area contributed by atoms with Crippen LogP contribution in [0.2, 0.25) is 5.02 Å². The fraction of sp³-hybridized carbons (Fsp3) is 0.176. The molecule has 0 atom stereocenters. The number of aryl methyl sites for hydroxylation is 1. The van der Waals surface area contributed by atoms with Gasteiger partial charge in [0.05, 0.1) is 15.6 Å². The zero-order chi connectivity index (χ0) is 15.1. The van der Waals surface area contributed by atoms with Gasteiger partial charge < -0.3 is 0 Å². The van der Waals surface area contributed by atoms with Gasteiger partial charge in [0.2, 0.25) is 0 Å². The summed E-state index contributed by atoms with van der Waals surface area (Å²) in [5.41, 5.74) is 8.59. The summed E-state index contributed by atoms with van der Waals surface area (Å²) in [5.74, 6) is 1.03. The van der Waals surface area contributed by atoms with Gasteiger partial charge in [-0.05, 0) is 48.4 Å². The molecule has 0 fully saturated rings. The van der Waals surface area contributed by atoms with Crippen molar-refractivity contribution in [3.05, 3.63) is 63.6 Å². The highest BCUT2D eigenvalue weighted by Crippen LogP contribution is 2.43. The first kappa shape index (κ1) is 14.2. The number of thiophene rings is 1. The highest BCUT2D eigenvalue weighted by atomic mass is 35.5. The first-order chi connectivity index (χ1) is 10.7. The van der Waals surface area contributed by atoms with Gasteiger partial charge in [-0.1, -0.05) is 18.5 Å². The lowest BCUT2D eigenvalue weighted by Crippen LogP contribution is -2.35. The van der Waals surface area contributed by atoms with E-state index in [2.05, 4.69) is 35.7 Å². The lowest BCUT2D eigenvalue weighted by Gasteiger charge is -2.31. The highest BCUT2D eigenvalue weighted by molar-refractivity contribution is 8.01. The minimum atomic E-state index is 0.756. The van der Waals surface area contributed by atoms with Crippen molar-refractivity contribution in [1.29, 1.82) is 0 Å². The summed E-state index contributed by atoms with van der Waals surface area (Å²) >= 11 is 9.84. The van der Waals surface area contributed by atoms with Crippen LogP contribution in [0.15, 0.2) is 52.4 Å². The monoisotopic (exact) mass is 346 g/mol. The maximum absolute atomic E-state index is 5.98. The molecule has 0 amide bonds. The predicted molar refractivity (Wildman–Crippen MR) is 97.5 cm³/mol. The number of hydrogen-bond acceptors (Lipinski definition) is 4. The van der Waals surface area contributed by atoms with E-state index in [9.17, 15) is 0 Å². The first-order valence-corrected chi connectivity index (χ1v) is 9.41. The molecule has 2 nitrogen and oxygen atoms in total. The SMILES string of the molecule is CCc1cc2c(s1)SCC1=C2NN(c2ccc(Cl)cc2)C=C1. The van der Waals surface area contributed by atoms with Crippen molar-refractivity contribution in [3.63, 3.8) is 0 Å². The van der Waals surface area contributed by atoms with Crippen LogP contribution in [0, 0.1) is 0 Å². The second kappa shape index (κ2) is 5.69. The number of thioether (sulfide) groups is 1. The van der Waals surface area contributed by atoms with Gasteiger partial charge in [-0.25, -0.2) is 0 Å². The van der Waals surface area contributed by atoms with Crippen molar-refractivity contribution < 1.29 is 0 Å². The molecular weight excluding hydrogens is 332 g/mol. The third-order valence-corrected chi connectivity index (χ3v) is 6.68. The van der Waals surface area contributed by atoms with E-state index in [4.69, 9.17) is 11.6 Å². The topological polar surface area (TPSA) is 15.3 Å². The van der Waals surface area contributed by atoms with Gasteiger partial charge in [0.25, 0.3) is 0 Å². The van der Waals surface area contributed by atoms with Crippen molar-refractivity contribution >= 4 is 46.1 Å². The van der Waals surface area contributed by atoms with Gasteiger partial charge in [0.15, 0.2) is 0 Å². The Morgan fingerprint density at radius 3 is 2.86 bits per heavy atom. The van der Waals surface area contributed by atoms with Gasteiger partial charge in [0.1, 0.15) is 0 Å². The Morgan fingerprint density at radius 1 is 1.27 bits per heavy atom. The van der Waals surface area contributed by atoms with E-state index >= 15 is 0 Å². The lowest BCUT2D eigenvalue weighted by molar-refractivity contribution is 0.875. The third-order valence-electron chi connectivity index (χ3n) is 3.81. The number of nitrogens with one attached hydrogen (secondary N) is 1. The van der Waals surface area contributed by atoms with Gasteiger partial charge in [-0.2, -0.15) is 0 Å². The molecule has 0 spiro atoms. The molecule has 0 saturated heterocycles. The molecule has 0 saturated carbocycles. The maximum Gasteiger partial charge on any atom is 0.0698 e. The van der Waals surface area contributed by atoms with Crippen molar-refractivity contribution in [2.45, 2.75) is 17.6 Å². The van der Waals surface area contributed by atoms with E-state index in [-0.39, 0.29) is 0 Å². The summed E-state index contributed by atoms with van der Waals surface area (Å²) in [4.78, 5) is 1.45. The summed E-state index contributed by atoms with van der Waals surface area (Å²) in [7, 11) is 0. The van der Waals surface area contributed by atoms with Crippen LogP contribution in [0.1, 0.15) is 17.4 Å². The number of halogens is 1. The molecule has 0 unspecified atom stereocenters. The summed E-state index contributed by atoms with van der Waals surface area (Å²) in [5, 5.41) is 2.81. The van der Waals surface area contributed by atoms with Crippen LogP contribution in [0.25, 0.3) is 5.70 Å². The summed E-state index contributed by atoms with van der Waals surface area (Å²) in [6.07, 6.45) is 5.39. The van der Waals surface area contributed by atoms with E-state index in [1.807, 2.05) is 47.4 Å². The highest BCUT2D eigenvalue weighted by Gasteiger charge is 2.24. The molecule has 5 heteroatoms. The number of hydrazine groups is 1. The first-order valence-electron chi connectivity index (χ1n) is 7.23. The largest absolute Gasteiger partial charge is 0.293 e. The number of nitrogens with zero attached hydrogens (tertiary/aromatic N) is 1. The Morgan fingerprint density at radius 2 is 2.09 bits per heavy atom. The van der Waals surface area contributed by atoms with Gasteiger partial charge in [-0.15, -0.1) is 23.1 Å². The van der Waals surface area contributed by atoms with Crippen molar-refractivity contribution in [2.24, 2.45) is 0 Å². The van der Waals surface area contributed by atoms with Gasteiger partial charge in [0, 0.05) is 27.4 Å².